The van der Waals surface area contributed by atoms with Gasteiger partial charge in [-0.15, -0.1) is 0 Å². The first-order valence-electron chi connectivity index (χ1n) is 8.55. The molecule has 0 saturated heterocycles. The van der Waals surface area contributed by atoms with E-state index in [0.29, 0.717) is 5.41 Å². The van der Waals surface area contributed by atoms with Gasteiger partial charge >= 0.3 is 0 Å². The lowest BCUT2D eigenvalue weighted by Gasteiger charge is -2.32. The van der Waals surface area contributed by atoms with E-state index in [0.717, 1.165) is 12.3 Å². The fourth-order valence-corrected chi connectivity index (χ4v) is 3.95. The zero-order valence-corrected chi connectivity index (χ0v) is 14.6. The maximum Gasteiger partial charge on any atom is 0.0195 e. The first-order valence-corrected chi connectivity index (χ1v) is 8.55. The maximum atomic E-state index is 6.83. The summed E-state index contributed by atoms with van der Waals surface area (Å²) in [7, 11) is 0. The van der Waals surface area contributed by atoms with Gasteiger partial charge in [0.05, 0.1) is 0 Å². The quantitative estimate of drug-likeness (QED) is 0.746. The molecule has 2 atom stereocenters. The topological polar surface area (TPSA) is 26.0 Å². The van der Waals surface area contributed by atoms with E-state index in [-0.39, 0.29) is 5.54 Å². The van der Waals surface area contributed by atoms with Gasteiger partial charge in [-0.05, 0) is 74.0 Å². The summed E-state index contributed by atoms with van der Waals surface area (Å²) in [4.78, 5) is 0. The van der Waals surface area contributed by atoms with Gasteiger partial charge in [0.2, 0.25) is 0 Å². The van der Waals surface area contributed by atoms with Crippen LogP contribution in [0.15, 0.2) is 18.2 Å². The Hall–Kier alpha value is -0.820. The molecule has 0 radical (unpaired) electrons. The molecule has 1 aliphatic rings. The van der Waals surface area contributed by atoms with E-state index >= 15 is 0 Å². The van der Waals surface area contributed by atoms with Crippen molar-refractivity contribution >= 4 is 0 Å². The summed E-state index contributed by atoms with van der Waals surface area (Å²) in [5.41, 5.74) is 11.5. The fourth-order valence-electron chi connectivity index (χ4n) is 3.95. The van der Waals surface area contributed by atoms with Crippen LogP contribution in [0.2, 0.25) is 0 Å². The van der Waals surface area contributed by atoms with Crippen LogP contribution in [0.3, 0.4) is 0 Å². The molecular weight excluding hydrogens is 254 g/mol. The van der Waals surface area contributed by atoms with Crippen LogP contribution in [0, 0.1) is 25.2 Å². The maximum absolute atomic E-state index is 6.83. The Labute approximate surface area is 131 Å². The van der Waals surface area contributed by atoms with Crippen molar-refractivity contribution in [3.63, 3.8) is 0 Å². The lowest BCUT2D eigenvalue weighted by molar-refractivity contribution is 0.210. The summed E-state index contributed by atoms with van der Waals surface area (Å²) < 4.78 is 0. The van der Waals surface area contributed by atoms with Crippen LogP contribution in [0.25, 0.3) is 0 Å². The van der Waals surface area contributed by atoms with Gasteiger partial charge in [0.15, 0.2) is 0 Å². The van der Waals surface area contributed by atoms with E-state index in [1.165, 1.54) is 48.8 Å². The lowest BCUT2D eigenvalue weighted by Crippen LogP contribution is -2.42. The fraction of sp³-hybridized carbons (Fsp3) is 0.700. The molecule has 2 unspecified atom stereocenters. The molecule has 0 amide bonds. The summed E-state index contributed by atoms with van der Waals surface area (Å²) in [6.07, 6.45) is 7.29. The number of aryl methyl sites for hydroxylation is 2. The van der Waals surface area contributed by atoms with Crippen molar-refractivity contribution in [3.8, 4) is 0 Å². The molecule has 21 heavy (non-hydrogen) atoms. The molecule has 0 aromatic heterocycles. The summed E-state index contributed by atoms with van der Waals surface area (Å²) in [5, 5.41) is 0. The molecule has 0 spiro atoms. The van der Waals surface area contributed by atoms with Crippen molar-refractivity contribution in [2.24, 2.45) is 17.1 Å². The Morgan fingerprint density at radius 1 is 1.10 bits per heavy atom. The minimum Gasteiger partial charge on any atom is -0.325 e. The van der Waals surface area contributed by atoms with Crippen LogP contribution in [-0.2, 0) is 6.42 Å². The van der Waals surface area contributed by atoms with Crippen molar-refractivity contribution < 1.29 is 0 Å². The lowest BCUT2D eigenvalue weighted by atomic mass is 9.75. The first kappa shape index (κ1) is 16.5. The van der Waals surface area contributed by atoms with Crippen molar-refractivity contribution in [2.45, 2.75) is 78.7 Å². The summed E-state index contributed by atoms with van der Waals surface area (Å²) in [6.45, 7) is 11.6. The highest BCUT2D eigenvalue weighted by Gasteiger charge is 2.34. The minimum atomic E-state index is -0.00310. The second-order valence-corrected chi connectivity index (χ2v) is 8.40. The van der Waals surface area contributed by atoms with Gasteiger partial charge in [-0.1, -0.05) is 45.4 Å². The molecular formula is C20H33N. The molecule has 1 heteroatoms. The van der Waals surface area contributed by atoms with E-state index in [2.05, 4.69) is 52.8 Å². The Bertz CT molecular complexity index is 463. The second kappa shape index (κ2) is 6.12. The molecule has 1 aromatic rings. The van der Waals surface area contributed by atoms with Crippen molar-refractivity contribution in [3.05, 3.63) is 34.9 Å². The largest absolute Gasteiger partial charge is 0.325 e. The van der Waals surface area contributed by atoms with E-state index < -0.39 is 0 Å². The smallest absolute Gasteiger partial charge is 0.0195 e. The second-order valence-electron chi connectivity index (χ2n) is 8.40. The van der Waals surface area contributed by atoms with Crippen LogP contribution < -0.4 is 5.73 Å². The van der Waals surface area contributed by atoms with Gasteiger partial charge in [0.1, 0.15) is 0 Å². The zero-order valence-electron chi connectivity index (χ0n) is 14.6. The molecule has 0 heterocycles. The van der Waals surface area contributed by atoms with Crippen LogP contribution in [0.1, 0.15) is 69.6 Å². The average Bonchev–Trinajstić information content (AvgIpc) is 2.56. The Morgan fingerprint density at radius 2 is 1.71 bits per heavy atom. The third kappa shape index (κ3) is 4.10. The highest BCUT2D eigenvalue weighted by molar-refractivity contribution is 5.35. The number of rotatable bonds is 2. The minimum absolute atomic E-state index is 0.00310. The molecule has 118 valence electrons. The normalized spacial score (nSPS) is 27.4. The van der Waals surface area contributed by atoms with Crippen LogP contribution in [-0.4, -0.2) is 5.54 Å². The van der Waals surface area contributed by atoms with E-state index in [1.807, 2.05) is 0 Å². The average molecular weight is 287 g/mol. The summed E-state index contributed by atoms with van der Waals surface area (Å²) in [5.74, 6) is 0.820. The van der Waals surface area contributed by atoms with Crippen molar-refractivity contribution in [2.75, 3.05) is 0 Å². The standard InChI is InChI=1S/C20H33N/c1-15-8-6-9-16(2)18(15)14-20(21)12-7-10-17(11-13-20)19(3,4)5/h6,8-9,17H,7,10-14,21H2,1-5H3. The Morgan fingerprint density at radius 3 is 2.29 bits per heavy atom. The summed E-state index contributed by atoms with van der Waals surface area (Å²) >= 11 is 0. The third-order valence-corrected chi connectivity index (χ3v) is 5.62. The molecule has 0 aliphatic heterocycles. The molecule has 2 rings (SSSR count). The number of hydrogen-bond acceptors (Lipinski definition) is 1. The van der Waals surface area contributed by atoms with Gasteiger partial charge in [-0.2, -0.15) is 0 Å². The molecule has 1 aromatic carbocycles. The molecule has 1 saturated carbocycles. The predicted molar refractivity (Wildman–Crippen MR) is 92.6 cm³/mol. The SMILES string of the molecule is Cc1cccc(C)c1CC1(N)CCCC(C(C)(C)C)CC1. The Balaban J connectivity index is 2.13. The molecule has 1 fully saturated rings. The first-order chi connectivity index (χ1) is 9.71. The highest BCUT2D eigenvalue weighted by Crippen LogP contribution is 2.40. The highest BCUT2D eigenvalue weighted by atomic mass is 14.7. The van der Waals surface area contributed by atoms with Gasteiger partial charge < -0.3 is 5.73 Å². The monoisotopic (exact) mass is 287 g/mol. The molecule has 1 nitrogen and oxygen atoms in total. The molecule has 2 N–H and O–H groups in total. The number of hydrogen-bond donors (Lipinski definition) is 1. The van der Waals surface area contributed by atoms with Gasteiger partial charge in [0.25, 0.3) is 0 Å². The van der Waals surface area contributed by atoms with Crippen LogP contribution in [0.5, 0.6) is 0 Å². The zero-order chi connectivity index (χ0) is 15.7. The van der Waals surface area contributed by atoms with Crippen LogP contribution in [0.4, 0.5) is 0 Å². The number of nitrogens with two attached hydrogens (primary N) is 1. The van der Waals surface area contributed by atoms with Crippen LogP contribution >= 0.6 is 0 Å². The van der Waals surface area contributed by atoms with Gasteiger partial charge in [-0.25, -0.2) is 0 Å². The molecule has 1 aliphatic carbocycles. The predicted octanol–water partition coefficient (Wildman–Crippen LogP) is 5.17. The van der Waals surface area contributed by atoms with E-state index in [9.17, 15) is 0 Å². The van der Waals surface area contributed by atoms with Gasteiger partial charge in [0, 0.05) is 5.54 Å². The van der Waals surface area contributed by atoms with Gasteiger partial charge in [-0.3, -0.25) is 0 Å². The van der Waals surface area contributed by atoms with Crippen molar-refractivity contribution in [1.29, 1.82) is 0 Å². The molecule has 0 bridgehead atoms. The van der Waals surface area contributed by atoms with E-state index in [4.69, 9.17) is 5.73 Å². The van der Waals surface area contributed by atoms with E-state index in [1.54, 1.807) is 0 Å². The van der Waals surface area contributed by atoms with Crippen molar-refractivity contribution in [1.82, 2.24) is 0 Å². The summed E-state index contributed by atoms with van der Waals surface area (Å²) in [6, 6.07) is 6.60. The Kier molecular flexibility index (Phi) is 4.82. The number of benzene rings is 1. The third-order valence-electron chi connectivity index (χ3n) is 5.62.